The van der Waals surface area contributed by atoms with Crippen LogP contribution < -0.4 is 5.32 Å². The van der Waals surface area contributed by atoms with Gasteiger partial charge in [-0.2, -0.15) is 0 Å². The fraction of sp³-hybridized carbons (Fsp3) is 0.588. The molecular weight excluding hydrogens is 260 g/mol. The Hall–Kier alpha value is -1.55. The van der Waals surface area contributed by atoms with Crippen molar-refractivity contribution in [2.45, 2.75) is 19.4 Å². The molecule has 1 aromatic carbocycles. The molecule has 0 spiro atoms. The van der Waals surface area contributed by atoms with Crippen molar-refractivity contribution in [1.82, 2.24) is 15.1 Å². The van der Waals surface area contributed by atoms with E-state index >= 15 is 0 Å². The summed E-state index contributed by atoms with van der Waals surface area (Å²) in [6.45, 7) is 4.16. The molecule has 2 rings (SSSR count). The lowest BCUT2D eigenvalue weighted by Gasteiger charge is -2.30. The summed E-state index contributed by atoms with van der Waals surface area (Å²) in [5, 5.41) is 3.53. The van der Waals surface area contributed by atoms with Crippen LogP contribution in [0.1, 0.15) is 18.4 Å². The Morgan fingerprint density at radius 3 is 2.76 bits per heavy atom. The summed E-state index contributed by atoms with van der Waals surface area (Å²) in [7, 11) is 6.30. The van der Waals surface area contributed by atoms with Crippen LogP contribution in [0.5, 0.6) is 0 Å². The van der Waals surface area contributed by atoms with Crippen molar-refractivity contribution in [3.05, 3.63) is 35.9 Å². The van der Waals surface area contributed by atoms with Crippen molar-refractivity contribution < 1.29 is 0 Å². The van der Waals surface area contributed by atoms with Crippen molar-refractivity contribution in [1.29, 1.82) is 0 Å². The van der Waals surface area contributed by atoms with Crippen LogP contribution in [0.15, 0.2) is 35.3 Å². The van der Waals surface area contributed by atoms with Crippen LogP contribution in [0.4, 0.5) is 0 Å². The number of piperidine rings is 1. The highest BCUT2D eigenvalue weighted by Gasteiger charge is 2.17. The number of hydrogen-bond donors (Lipinski definition) is 1. The minimum atomic E-state index is 0.727. The molecule has 1 N–H and O–H groups in total. The van der Waals surface area contributed by atoms with Crippen LogP contribution in [0.25, 0.3) is 0 Å². The summed E-state index contributed by atoms with van der Waals surface area (Å²) >= 11 is 0. The molecule has 0 radical (unpaired) electrons. The second-order valence-corrected chi connectivity index (χ2v) is 6.17. The first kappa shape index (κ1) is 15.8. The zero-order chi connectivity index (χ0) is 15.1. The van der Waals surface area contributed by atoms with Gasteiger partial charge in [0.15, 0.2) is 5.96 Å². The smallest absolute Gasteiger partial charge is 0.193 e. The molecule has 1 fully saturated rings. The van der Waals surface area contributed by atoms with Crippen molar-refractivity contribution in [2.75, 3.05) is 40.8 Å². The highest BCUT2D eigenvalue weighted by atomic mass is 15.3. The Morgan fingerprint density at radius 2 is 2.10 bits per heavy atom. The molecule has 1 aliphatic heterocycles. The van der Waals surface area contributed by atoms with Crippen LogP contribution in [-0.2, 0) is 6.54 Å². The zero-order valence-corrected chi connectivity index (χ0v) is 13.5. The predicted octanol–water partition coefficient (Wildman–Crippen LogP) is 2.04. The summed E-state index contributed by atoms with van der Waals surface area (Å²) in [5.74, 6) is 1.71. The number of benzene rings is 1. The molecule has 1 atom stereocenters. The van der Waals surface area contributed by atoms with E-state index in [1.807, 2.05) is 20.2 Å². The summed E-state index contributed by atoms with van der Waals surface area (Å²) in [6, 6.07) is 10.4. The topological polar surface area (TPSA) is 30.9 Å². The van der Waals surface area contributed by atoms with Gasteiger partial charge in [-0.3, -0.25) is 0 Å². The van der Waals surface area contributed by atoms with E-state index in [2.05, 4.69) is 46.4 Å². The third kappa shape index (κ3) is 5.38. The molecule has 4 heteroatoms. The summed E-state index contributed by atoms with van der Waals surface area (Å²) in [4.78, 5) is 9.20. The van der Waals surface area contributed by atoms with Gasteiger partial charge in [0, 0.05) is 27.2 Å². The number of likely N-dealkylation sites (tertiary alicyclic amines) is 1. The lowest BCUT2D eigenvalue weighted by Crippen LogP contribution is -2.43. The Labute approximate surface area is 128 Å². The van der Waals surface area contributed by atoms with E-state index in [1.165, 1.54) is 31.5 Å². The molecule has 4 nitrogen and oxygen atoms in total. The van der Waals surface area contributed by atoms with E-state index in [4.69, 9.17) is 4.99 Å². The third-order valence-electron chi connectivity index (χ3n) is 3.95. The molecule has 1 heterocycles. The summed E-state index contributed by atoms with van der Waals surface area (Å²) in [5.41, 5.74) is 1.25. The number of rotatable bonds is 4. The largest absolute Gasteiger partial charge is 0.356 e. The van der Waals surface area contributed by atoms with E-state index in [0.717, 1.165) is 25.0 Å². The predicted molar refractivity (Wildman–Crippen MR) is 89.5 cm³/mol. The molecule has 0 amide bonds. The van der Waals surface area contributed by atoms with Gasteiger partial charge in [-0.05, 0) is 37.9 Å². The second kappa shape index (κ2) is 8.03. The average molecular weight is 288 g/mol. The lowest BCUT2D eigenvalue weighted by atomic mass is 9.99. The third-order valence-corrected chi connectivity index (χ3v) is 3.95. The van der Waals surface area contributed by atoms with Crippen molar-refractivity contribution >= 4 is 5.96 Å². The molecule has 0 saturated carbocycles. The van der Waals surface area contributed by atoms with Gasteiger partial charge in [0.2, 0.25) is 0 Å². The van der Waals surface area contributed by atoms with Gasteiger partial charge >= 0.3 is 0 Å². The number of guanidine groups is 1. The SMILES string of the molecule is CN1CCCC(CNC(=NCc2ccccc2)N(C)C)C1. The Morgan fingerprint density at radius 1 is 1.33 bits per heavy atom. The van der Waals surface area contributed by atoms with Gasteiger partial charge in [-0.25, -0.2) is 4.99 Å². The quantitative estimate of drug-likeness (QED) is 0.679. The van der Waals surface area contributed by atoms with Gasteiger partial charge in [0.1, 0.15) is 0 Å². The first-order chi connectivity index (χ1) is 10.1. The molecule has 0 bridgehead atoms. The summed E-state index contributed by atoms with van der Waals surface area (Å²) in [6.07, 6.45) is 2.62. The minimum absolute atomic E-state index is 0.727. The number of aliphatic imine (C=N–C) groups is 1. The number of nitrogens with one attached hydrogen (secondary N) is 1. The molecule has 0 aromatic heterocycles. The number of hydrogen-bond acceptors (Lipinski definition) is 2. The zero-order valence-electron chi connectivity index (χ0n) is 13.5. The Kier molecular flexibility index (Phi) is 6.05. The fourth-order valence-electron chi connectivity index (χ4n) is 2.78. The summed E-state index contributed by atoms with van der Waals surface area (Å²) < 4.78 is 0. The van der Waals surface area contributed by atoms with Crippen LogP contribution in [0, 0.1) is 5.92 Å². The second-order valence-electron chi connectivity index (χ2n) is 6.17. The normalized spacial score (nSPS) is 20.3. The first-order valence-corrected chi connectivity index (χ1v) is 7.83. The number of nitrogens with zero attached hydrogens (tertiary/aromatic N) is 3. The lowest BCUT2D eigenvalue weighted by molar-refractivity contribution is 0.210. The monoisotopic (exact) mass is 288 g/mol. The Balaban J connectivity index is 1.86. The van der Waals surface area contributed by atoms with Crippen LogP contribution in [-0.4, -0.2) is 56.5 Å². The van der Waals surface area contributed by atoms with Gasteiger partial charge in [-0.15, -0.1) is 0 Å². The molecule has 1 aromatic rings. The maximum Gasteiger partial charge on any atom is 0.193 e. The average Bonchev–Trinajstić information content (AvgIpc) is 2.48. The van der Waals surface area contributed by atoms with E-state index in [1.54, 1.807) is 0 Å². The molecule has 0 aliphatic carbocycles. The fourth-order valence-corrected chi connectivity index (χ4v) is 2.78. The van der Waals surface area contributed by atoms with E-state index in [9.17, 15) is 0 Å². The van der Waals surface area contributed by atoms with Crippen LogP contribution in [0.2, 0.25) is 0 Å². The van der Waals surface area contributed by atoms with Gasteiger partial charge in [0.25, 0.3) is 0 Å². The van der Waals surface area contributed by atoms with Crippen molar-refractivity contribution in [2.24, 2.45) is 10.9 Å². The maximum atomic E-state index is 4.71. The van der Waals surface area contributed by atoms with Crippen molar-refractivity contribution in [3.8, 4) is 0 Å². The van der Waals surface area contributed by atoms with Crippen LogP contribution >= 0.6 is 0 Å². The van der Waals surface area contributed by atoms with Crippen LogP contribution in [0.3, 0.4) is 0 Å². The molecule has 21 heavy (non-hydrogen) atoms. The van der Waals surface area contributed by atoms with E-state index in [0.29, 0.717) is 0 Å². The molecule has 1 aliphatic rings. The van der Waals surface area contributed by atoms with Gasteiger partial charge in [0.05, 0.1) is 6.54 Å². The van der Waals surface area contributed by atoms with Crippen molar-refractivity contribution in [3.63, 3.8) is 0 Å². The first-order valence-electron chi connectivity index (χ1n) is 7.83. The Bertz CT molecular complexity index is 441. The minimum Gasteiger partial charge on any atom is -0.356 e. The molecule has 1 unspecified atom stereocenters. The molecule has 116 valence electrons. The highest BCUT2D eigenvalue weighted by molar-refractivity contribution is 5.79. The molecule has 1 saturated heterocycles. The maximum absolute atomic E-state index is 4.71. The standard InChI is InChI=1S/C17H28N4/c1-20(2)17(18-12-15-8-5-4-6-9-15)19-13-16-10-7-11-21(3)14-16/h4-6,8-9,16H,7,10-14H2,1-3H3,(H,18,19). The van der Waals surface area contributed by atoms with E-state index in [-0.39, 0.29) is 0 Å². The van der Waals surface area contributed by atoms with E-state index < -0.39 is 0 Å². The van der Waals surface area contributed by atoms with Gasteiger partial charge in [-0.1, -0.05) is 30.3 Å². The molecular formula is C17H28N4. The highest BCUT2D eigenvalue weighted by Crippen LogP contribution is 2.13. The van der Waals surface area contributed by atoms with Gasteiger partial charge < -0.3 is 15.1 Å².